The van der Waals surface area contributed by atoms with Crippen LogP contribution < -0.4 is 16.8 Å². The van der Waals surface area contributed by atoms with E-state index in [-0.39, 0.29) is 21.9 Å². The molecule has 1 amide bonds. The first kappa shape index (κ1) is 15.7. The minimum atomic E-state index is -0.474. The highest BCUT2D eigenvalue weighted by atomic mass is 32.1. The number of nitriles is 1. The molecule has 3 aromatic rings. The summed E-state index contributed by atoms with van der Waals surface area (Å²) in [4.78, 5) is 17.3. The number of rotatable bonds is 2. The maximum absolute atomic E-state index is 13.2. The Morgan fingerprint density at radius 1 is 1.42 bits per heavy atom. The quantitative estimate of drug-likeness (QED) is 0.662. The van der Waals surface area contributed by atoms with Crippen LogP contribution in [0, 0.1) is 24.1 Å². The van der Waals surface area contributed by atoms with E-state index in [0.717, 1.165) is 11.3 Å². The Kier molecular flexibility index (Phi) is 3.79. The number of halogens is 1. The van der Waals surface area contributed by atoms with E-state index in [4.69, 9.17) is 16.7 Å². The molecule has 2 heterocycles. The molecular weight excluding hydrogens is 329 g/mol. The number of nitrogens with one attached hydrogen (secondary N) is 1. The van der Waals surface area contributed by atoms with Gasteiger partial charge in [0.05, 0.1) is 11.3 Å². The molecule has 6 nitrogen and oxygen atoms in total. The molecule has 0 saturated carbocycles. The molecule has 120 valence electrons. The topological polar surface area (TPSA) is 118 Å². The molecule has 2 aromatic heterocycles. The fourth-order valence-corrected chi connectivity index (χ4v) is 3.48. The van der Waals surface area contributed by atoms with Gasteiger partial charge in [-0.3, -0.25) is 4.79 Å². The van der Waals surface area contributed by atoms with Crippen molar-refractivity contribution in [3.8, 4) is 6.07 Å². The van der Waals surface area contributed by atoms with Crippen molar-refractivity contribution >= 4 is 44.7 Å². The van der Waals surface area contributed by atoms with Crippen molar-refractivity contribution in [2.45, 2.75) is 6.92 Å². The van der Waals surface area contributed by atoms with Crippen molar-refractivity contribution in [3.63, 3.8) is 0 Å². The van der Waals surface area contributed by atoms with Gasteiger partial charge >= 0.3 is 0 Å². The third kappa shape index (κ3) is 2.51. The summed E-state index contributed by atoms with van der Waals surface area (Å²) in [5.41, 5.74) is 13.2. The van der Waals surface area contributed by atoms with E-state index in [1.165, 1.54) is 18.2 Å². The third-order valence-corrected chi connectivity index (χ3v) is 4.65. The van der Waals surface area contributed by atoms with Gasteiger partial charge in [-0.05, 0) is 30.7 Å². The van der Waals surface area contributed by atoms with Crippen LogP contribution in [-0.2, 0) is 0 Å². The Hall–Kier alpha value is -3.18. The first-order chi connectivity index (χ1) is 11.4. The second-order valence-electron chi connectivity index (χ2n) is 5.10. The molecule has 0 bridgehead atoms. The van der Waals surface area contributed by atoms with Crippen molar-refractivity contribution in [2.75, 3.05) is 16.8 Å². The number of aryl methyl sites for hydroxylation is 1. The van der Waals surface area contributed by atoms with Crippen LogP contribution in [0.15, 0.2) is 24.3 Å². The average Bonchev–Trinajstić information content (AvgIpc) is 2.84. The van der Waals surface area contributed by atoms with Gasteiger partial charge in [0.2, 0.25) is 0 Å². The molecule has 0 saturated heterocycles. The Bertz CT molecular complexity index is 1020. The van der Waals surface area contributed by atoms with Crippen molar-refractivity contribution in [1.29, 1.82) is 5.26 Å². The van der Waals surface area contributed by atoms with E-state index < -0.39 is 11.7 Å². The fourth-order valence-electron chi connectivity index (χ4n) is 2.42. The number of amides is 1. The summed E-state index contributed by atoms with van der Waals surface area (Å²) in [6.07, 6.45) is 0. The number of nitrogens with zero attached hydrogens (tertiary/aromatic N) is 2. The van der Waals surface area contributed by atoms with Gasteiger partial charge in [-0.25, -0.2) is 9.37 Å². The molecule has 5 N–H and O–H groups in total. The highest BCUT2D eigenvalue weighted by Gasteiger charge is 2.21. The number of pyridine rings is 1. The largest absolute Gasteiger partial charge is 0.397 e. The SMILES string of the molecule is Cc1c(C#N)c(N)nc2sc(C(=O)Nc3cccc(F)c3)c(N)c12. The van der Waals surface area contributed by atoms with Crippen molar-refractivity contribution in [2.24, 2.45) is 0 Å². The summed E-state index contributed by atoms with van der Waals surface area (Å²) < 4.78 is 13.2. The number of fused-ring (bicyclic) bond motifs is 1. The van der Waals surface area contributed by atoms with Crippen LogP contribution in [0.1, 0.15) is 20.8 Å². The maximum atomic E-state index is 13.2. The molecule has 0 atom stereocenters. The number of benzene rings is 1. The molecular formula is C16H12FN5OS. The number of hydrogen-bond donors (Lipinski definition) is 3. The molecule has 0 aliphatic heterocycles. The lowest BCUT2D eigenvalue weighted by Gasteiger charge is -2.05. The molecule has 0 aliphatic carbocycles. The Labute approximate surface area is 140 Å². The third-order valence-electron chi connectivity index (χ3n) is 3.56. The number of carbonyl (C=O) groups excluding carboxylic acids is 1. The van der Waals surface area contributed by atoms with E-state index in [1.54, 1.807) is 13.0 Å². The lowest BCUT2D eigenvalue weighted by atomic mass is 10.1. The molecule has 3 rings (SSSR count). The number of hydrogen-bond acceptors (Lipinski definition) is 6. The molecule has 0 aliphatic rings. The second kappa shape index (κ2) is 5.79. The number of anilines is 3. The van der Waals surface area contributed by atoms with Crippen LogP contribution in [0.3, 0.4) is 0 Å². The number of nitrogen functional groups attached to an aromatic ring is 2. The van der Waals surface area contributed by atoms with E-state index >= 15 is 0 Å². The number of carbonyl (C=O) groups is 1. The van der Waals surface area contributed by atoms with Crippen LogP contribution in [0.2, 0.25) is 0 Å². The Morgan fingerprint density at radius 2 is 2.17 bits per heavy atom. The first-order valence-corrected chi connectivity index (χ1v) is 7.69. The Balaban J connectivity index is 2.07. The molecule has 1 aromatic carbocycles. The summed E-state index contributed by atoms with van der Waals surface area (Å²) in [6.45, 7) is 1.70. The zero-order chi connectivity index (χ0) is 17.4. The van der Waals surface area contributed by atoms with Crippen molar-refractivity contribution in [1.82, 2.24) is 4.98 Å². The second-order valence-corrected chi connectivity index (χ2v) is 6.10. The normalized spacial score (nSPS) is 10.5. The summed E-state index contributed by atoms with van der Waals surface area (Å²) in [6, 6.07) is 7.53. The average molecular weight is 341 g/mol. The maximum Gasteiger partial charge on any atom is 0.267 e. The monoisotopic (exact) mass is 341 g/mol. The van der Waals surface area contributed by atoms with Gasteiger partial charge in [-0.2, -0.15) is 5.26 Å². The van der Waals surface area contributed by atoms with E-state index in [9.17, 15) is 9.18 Å². The number of thiophene rings is 1. The van der Waals surface area contributed by atoms with Gasteiger partial charge in [0.15, 0.2) is 0 Å². The number of aromatic nitrogens is 1. The van der Waals surface area contributed by atoms with Gasteiger partial charge in [-0.15, -0.1) is 11.3 Å². The summed E-state index contributed by atoms with van der Waals surface area (Å²) in [5, 5.41) is 12.3. The summed E-state index contributed by atoms with van der Waals surface area (Å²) in [7, 11) is 0. The predicted octanol–water partition coefficient (Wildman–Crippen LogP) is 3.03. The van der Waals surface area contributed by atoms with E-state index in [2.05, 4.69) is 10.3 Å². The van der Waals surface area contributed by atoms with Crippen LogP contribution in [0.4, 0.5) is 21.6 Å². The number of nitrogens with two attached hydrogens (primary N) is 2. The molecule has 24 heavy (non-hydrogen) atoms. The van der Waals surface area contributed by atoms with Gasteiger partial charge < -0.3 is 16.8 Å². The van der Waals surface area contributed by atoms with E-state index in [0.29, 0.717) is 21.5 Å². The van der Waals surface area contributed by atoms with Crippen LogP contribution >= 0.6 is 11.3 Å². The fraction of sp³-hybridized carbons (Fsp3) is 0.0625. The van der Waals surface area contributed by atoms with Crippen LogP contribution in [0.5, 0.6) is 0 Å². The lowest BCUT2D eigenvalue weighted by Crippen LogP contribution is -2.12. The minimum Gasteiger partial charge on any atom is -0.397 e. The molecule has 0 fully saturated rings. The summed E-state index contributed by atoms with van der Waals surface area (Å²) in [5.74, 6) is -0.834. The first-order valence-electron chi connectivity index (χ1n) is 6.87. The Morgan fingerprint density at radius 3 is 2.83 bits per heavy atom. The van der Waals surface area contributed by atoms with Crippen molar-refractivity contribution < 1.29 is 9.18 Å². The summed E-state index contributed by atoms with van der Waals surface area (Å²) >= 11 is 1.07. The molecule has 0 spiro atoms. The van der Waals surface area contributed by atoms with Crippen LogP contribution in [0.25, 0.3) is 10.2 Å². The van der Waals surface area contributed by atoms with Gasteiger partial charge in [-0.1, -0.05) is 6.07 Å². The zero-order valence-electron chi connectivity index (χ0n) is 12.6. The van der Waals surface area contributed by atoms with Gasteiger partial charge in [0.1, 0.15) is 27.4 Å². The van der Waals surface area contributed by atoms with Gasteiger partial charge in [0.25, 0.3) is 5.91 Å². The van der Waals surface area contributed by atoms with Crippen LogP contribution in [-0.4, -0.2) is 10.9 Å². The highest BCUT2D eigenvalue weighted by Crippen LogP contribution is 2.37. The minimum absolute atomic E-state index is 0.0980. The smallest absolute Gasteiger partial charge is 0.267 e. The highest BCUT2D eigenvalue weighted by molar-refractivity contribution is 7.21. The lowest BCUT2D eigenvalue weighted by molar-refractivity contribution is 0.103. The zero-order valence-corrected chi connectivity index (χ0v) is 13.4. The predicted molar refractivity (Wildman–Crippen MR) is 92.2 cm³/mol. The van der Waals surface area contributed by atoms with Crippen molar-refractivity contribution in [3.05, 3.63) is 46.1 Å². The standard InChI is InChI=1S/C16H12FN5OS/c1-7-10(6-18)14(20)22-16-11(7)12(19)13(24-16)15(23)21-9-4-2-3-8(17)5-9/h2-5H,19H2,1H3,(H2,20,22)(H,21,23). The molecule has 0 radical (unpaired) electrons. The molecule has 8 heteroatoms. The van der Waals surface area contributed by atoms with Gasteiger partial charge in [0, 0.05) is 11.1 Å². The van der Waals surface area contributed by atoms with E-state index in [1.807, 2.05) is 6.07 Å². The molecule has 0 unspecified atom stereocenters.